The molecule has 0 radical (unpaired) electrons. The standard InChI is InChI=1S/C12H13ClN4O2/c1-17(2)11-14-10(13)15-12(16-11)19-9-6-4-8(18-3)5-7-9/h4-7H,1-3H3. The van der Waals surface area contributed by atoms with Crippen LogP contribution >= 0.6 is 11.6 Å². The zero-order valence-electron chi connectivity index (χ0n) is 10.8. The normalized spacial score (nSPS) is 10.1. The first-order valence-corrected chi connectivity index (χ1v) is 5.87. The van der Waals surface area contributed by atoms with Gasteiger partial charge in [0.05, 0.1) is 7.11 Å². The fraction of sp³-hybridized carbons (Fsp3) is 0.250. The van der Waals surface area contributed by atoms with Crippen molar-refractivity contribution in [3.05, 3.63) is 29.5 Å². The minimum absolute atomic E-state index is 0.0854. The molecule has 1 heterocycles. The van der Waals surface area contributed by atoms with Gasteiger partial charge in [-0.1, -0.05) is 0 Å². The van der Waals surface area contributed by atoms with Crippen molar-refractivity contribution in [1.29, 1.82) is 0 Å². The van der Waals surface area contributed by atoms with E-state index in [9.17, 15) is 0 Å². The van der Waals surface area contributed by atoms with Crippen LogP contribution in [0.3, 0.4) is 0 Å². The van der Waals surface area contributed by atoms with Crippen LogP contribution in [0.25, 0.3) is 0 Å². The van der Waals surface area contributed by atoms with Gasteiger partial charge in [-0.25, -0.2) is 0 Å². The third-order valence-corrected chi connectivity index (χ3v) is 2.41. The zero-order chi connectivity index (χ0) is 13.8. The second-order valence-corrected chi connectivity index (χ2v) is 4.20. The first-order chi connectivity index (χ1) is 9.08. The highest BCUT2D eigenvalue weighted by molar-refractivity contribution is 6.28. The fourth-order valence-corrected chi connectivity index (χ4v) is 1.46. The highest BCUT2D eigenvalue weighted by atomic mass is 35.5. The molecule has 0 aliphatic carbocycles. The number of hydrogen-bond donors (Lipinski definition) is 0. The highest BCUT2D eigenvalue weighted by Gasteiger charge is 2.08. The maximum Gasteiger partial charge on any atom is 0.328 e. The lowest BCUT2D eigenvalue weighted by molar-refractivity contribution is 0.410. The summed E-state index contributed by atoms with van der Waals surface area (Å²) in [4.78, 5) is 13.7. The summed E-state index contributed by atoms with van der Waals surface area (Å²) >= 11 is 5.82. The molecule has 0 N–H and O–H groups in total. The molecule has 0 amide bonds. The van der Waals surface area contributed by atoms with E-state index in [1.54, 1.807) is 36.3 Å². The molecular weight excluding hydrogens is 268 g/mol. The molecule has 0 atom stereocenters. The van der Waals surface area contributed by atoms with E-state index < -0.39 is 0 Å². The summed E-state index contributed by atoms with van der Waals surface area (Å²) in [5.41, 5.74) is 0. The van der Waals surface area contributed by atoms with E-state index in [1.165, 1.54) is 0 Å². The molecule has 1 aromatic heterocycles. The van der Waals surface area contributed by atoms with Crippen LogP contribution in [0.4, 0.5) is 5.95 Å². The minimum atomic E-state index is 0.0854. The molecule has 19 heavy (non-hydrogen) atoms. The van der Waals surface area contributed by atoms with Crippen molar-refractivity contribution in [2.75, 3.05) is 26.1 Å². The van der Waals surface area contributed by atoms with E-state index in [2.05, 4.69) is 15.0 Å². The van der Waals surface area contributed by atoms with Gasteiger partial charge in [-0.2, -0.15) is 15.0 Å². The summed E-state index contributed by atoms with van der Waals surface area (Å²) in [5, 5.41) is 0.0854. The average Bonchev–Trinajstić information content (AvgIpc) is 2.39. The predicted octanol–water partition coefficient (Wildman–Crippen LogP) is 2.39. The molecule has 1 aromatic carbocycles. The Labute approximate surface area is 116 Å². The number of halogens is 1. The van der Waals surface area contributed by atoms with Gasteiger partial charge in [0.1, 0.15) is 11.5 Å². The average molecular weight is 281 g/mol. The molecule has 0 saturated carbocycles. The van der Waals surface area contributed by atoms with Crippen molar-refractivity contribution < 1.29 is 9.47 Å². The summed E-state index contributed by atoms with van der Waals surface area (Å²) in [5.74, 6) is 1.77. The van der Waals surface area contributed by atoms with E-state index in [0.29, 0.717) is 11.7 Å². The number of rotatable bonds is 4. The topological polar surface area (TPSA) is 60.4 Å². The Bertz CT molecular complexity index is 560. The second kappa shape index (κ2) is 5.71. The summed E-state index contributed by atoms with van der Waals surface area (Å²) in [6.07, 6.45) is 0. The van der Waals surface area contributed by atoms with Crippen molar-refractivity contribution in [2.24, 2.45) is 0 Å². The van der Waals surface area contributed by atoms with E-state index in [0.717, 1.165) is 5.75 Å². The molecule has 0 saturated heterocycles. The second-order valence-electron chi connectivity index (χ2n) is 3.86. The van der Waals surface area contributed by atoms with Crippen molar-refractivity contribution >= 4 is 17.5 Å². The largest absolute Gasteiger partial charge is 0.497 e. The van der Waals surface area contributed by atoms with Gasteiger partial charge >= 0.3 is 6.01 Å². The fourth-order valence-electron chi connectivity index (χ4n) is 1.32. The molecule has 0 fully saturated rings. The Hall–Kier alpha value is -2.08. The third kappa shape index (κ3) is 3.45. The number of methoxy groups -OCH3 is 1. The monoisotopic (exact) mass is 280 g/mol. The van der Waals surface area contributed by atoms with Crippen LogP contribution in [0.2, 0.25) is 5.28 Å². The lowest BCUT2D eigenvalue weighted by atomic mass is 10.3. The van der Waals surface area contributed by atoms with Gasteiger partial charge in [0, 0.05) is 14.1 Å². The Balaban J connectivity index is 2.22. The minimum Gasteiger partial charge on any atom is -0.497 e. The van der Waals surface area contributed by atoms with Crippen LogP contribution in [0.15, 0.2) is 24.3 Å². The molecule has 0 unspecified atom stereocenters. The van der Waals surface area contributed by atoms with E-state index in [-0.39, 0.29) is 11.3 Å². The first kappa shape index (κ1) is 13.4. The highest BCUT2D eigenvalue weighted by Crippen LogP contribution is 2.22. The lowest BCUT2D eigenvalue weighted by Crippen LogP contribution is -2.13. The van der Waals surface area contributed by atoms with Gasteiger partial charge in [-0.05, 0) is 35.9 Å². The van der Waals surface area contributed by atoms with Crippen molar-refractivity contribution in [2.45, 2.75) is 0 Å². The van der Waals surface area contributed by atoms with Crippen LogP contribution in [0.1, 0.15) is 0 Å². The summed E-state index contributed by atoms with van der Waals surface area (Å²) < 4.78 is 10.6. The molecule has 7 heteroatoms. The number of aromatic nitrogens is 3. The van der Waals surface area contributed by atoms with Crippen LogP contribution in [0.5, 0.6) is 17.5 Å². The number of anilines is 1. The molecule has 6 nitrogen and oxygen atoms in total. The van der Waals surface area contributed by atoms with Crippen molar-refractivity contribution in [3.8, 4) is 17.5 Å². The number of ether oxygens (including phenoxy) is 2. The first-order valence-electron chi connectivity index (χ1n) is 5.49. The van der Waals surface area contributed by atoms with Crippen LogP contribution in [-0.2, 0) is 0 Å². The SMILES string of the molecule is COc1ccc(Oc2nc(Cl)nc(N(C)C)n2)cc1. The quantitative estimate of drug-likeness (QED) is 0.857. The third-order valence-electron chi connectivity index (χ3n) is 2.24. The van der Waals surface area contributed by atoms with Gasteiger partial charge in [0.2, 0.25) is 11.2 Å². The molecular formula is C12H13ClN4O2. The van der Waals surface area contributed by atoms with Crippen LogP contribution < -0.4 is 14.4 Å². The van der Waals surface area contributed by atoms with E-state index >= 15 is 0 Å². The Morgan fingerprint density at radius 3 is 2.21 bits per heavy atom. The van der Waals surface area contributed by atoms with Crippen LogP contribution in [-0.4, -0.2) is 36.2 Å². The summed E-state index contributed by atoms with van der Waals surface area (Å²) in [6, 6.07) is 7.22. The molecule has 2 rings (SSSR count). The van der Waals surface area contributed by atoms with Gasteiger partial charge < -0.3 is 14.4 Å². The number of hydrogen-bond acceptors (Lipinski definition) is 6. The van der Waals surface area contributed by atoms with Crippen molar-refractivity contribution in [1.82, 2.24) is 15.0 Å². The maximum atomic E-state index is 5.82. The van der Waals surface area contributed by atoms with Gasteiger partial charge in [0.25, 0.3) is 0 Å². The van der Waals surface area contributed by atoms with Gasteiger partial charge in [0.15, 0.2) is 0 Å². The maximum absolute atomic E-state index is 5.82. The zero-order valence-corrected chi connectivity index (χ0v) is 11.5. The smallest absolute Gasteiger partial charge is 0.328 e. The van der Waals surface area contributed by atoms with Gasteiger partial charge in [-0.15, -0.1) is 0 Å². The van der Waals surface area contributed by atoms with Crippen LogP contribution in [0, 0.1) is 0 Å². The van der Waals surface area contributed by atoms with Crippen molar-refractivity contribution in [3.63, 3.8) is 0 Å². The molecule has 0 aliphatic rings. The summed E-state index contributed by atoms with van der Waals surface area (Å²) in [7, 11) is 5.22. The molecule has 0 spiro atoms. The number of nitrogens with zero attached hydrogens (tertiary/aromatic N) is 4. The Morgan fingerprint density at radius 1 is 1.00 bits per heavy atom. The van der Waals surface area contributed by atoms with Gasteiger partial charge in [-0.3, -0.25) is 0 Å². The Kier molecular flexibility index (Phi) is 4.01. The molecule has 2 aromatic rings. The van der Waals surface area contributed by atoms with E-state index in [4.69, 9.17) is 21.1 Å². The number of benzene rings is 1. The predicted molar refractivity (Wildman–Crippen MR) is 72.2 cm³/mol. The molecule has 100 valence electrons. The Morgan fingerprint density at radius 2 is 1.63 bits per heavy atom. The molecule has 0 bridgehead atoms. The van der Waals surface area contributed by atoms with E-state index in [1.807, 2.05) is 14.1 Å². The molecule has 0 aliphatic heterocycles. The summed E-state index contributed by atoms with van der Waals surface area (Å²) in [6.45, 7) is 0. The lowest BCUT2D eigenvalue weighted by Gasteiger charge is -2.11.